The van der Waals surface area contributed by atoms with E-state index in [2.05, 4.69) is 11.1 Å². The lowest BCUT2D eigenvalue weighted by Gasteiger charge is -2.07. The van der Waals surface area contributed by atoms with E-state index in [1.165, 1.54) is 11.3 Å². The van der Waals surface area contributed by atoms with Crippen LogP contribution in [0.4, 0.5) is 0 Å². The molecule has 0 saturated carbocycles. The lowest BCUT2D eigenvalue weighted by molar-refractivity contribution is 0.924. The van der Waals surface area contributed by atoms with Crippen LogP contribution in [0.5, 0.6) is 0 Å². The largest absolute Gasteiger partial charge is 0.344 e. The highest BCUT2D eigenvalue weighted by Gasteiger charge is 2.12. The smallest absolute Gasteiger partial charge is 0.134 e. The van der Waals surface area contributed by atoms with Crippen LogP contribution < -0.4 is 0 Å². The summed E-state index contributed by atoms with van der Waals surface area (Å²) in [5, 5.41) is 17.6. The molecule has 4 rings (SSSR count). The van der Waals surface area contributed by atoms with Gasteiger partial charge in [-0.1, -0.05) is 23.2 Å². The van der Waals surface area contributed by atoms with Crippen molar-refractivity contribution in [2.45, 2.75) is 0 Å². The number of hydrogen-bond acceptors (Lipinski definition) is 4. The van der Waals surface area contributed by atoms with Gasteiger partial charge in [-0.3, -0.25) is 0 Å². The molecule has 0 fully saturated rings. The van der Waals surface area contributed by atoms with Crippen molar-refractivity contribution in [3.8, 4) is 28.6 Å². The molecule has 0 bridgehead atoms. The van der Waals surface area contributed by atoms with Crippen LogP contribution >= 0.6 is 45.9 Å². The van der Waals surface area contributed by atoms with Crippen molar-refractivity contribution < 1.29 is 0 Å². The van der Waals surface area contributed by atoms with E-state index < -0.39 is 0 Å². The second kappa shape index (κ2) is 7.94. The quantitative estimate of drug-likeness (QED) is 0.313. The fourth-order valence-electron chi connectivity index (χ4n) is 2.89. The van der Waals surface area contributed by atoms with E-state index in [0.29, 0.717) is 20.6 Å². The first-order chi connectivity index (χ1) is 13.5. The SMILES string of the molecule is Cn1c(/C=C(\C#N)c2nc(-c3ccsc3)cs2)ccc1-c1cc(Cl)cc(Cl)c1. The molecule has 3 aromatic heterocycles. The zero-order valence-corrected chi connectivity index (χ0v) is 17.8. The predicted octanol–water partition coefficient (Wildman–Crippen LogP) is 7.25. The highest BCUT2D eigenvalue weighted by Crippen LogP contribution is 2.31. The molecule has 0 unspecified atom stereocenters. The standard InChI is InChI=1S/C21H13Cl2N3S2/c1-26-18(2-3-20(26)14-6-16(22)9-17(23)7-14)8-15(10-24)21-25-19(12-28-21)13-4-5-27-11-13/h2-9,11-12H,1H3/b15-8+. The van der Waals surface area contributed by atoms with Crippen LogP contribution in [0.2, 0.25) is 10.0 Å². The normalized spacial score (nSPS) is 11.6. The molecule has 0 aliphatic heterocycles. The fraction of sp³-hybridized carbons (Fsp3) is 0.0476. The van der Waals surface area contributed by atoms with Crippen LogP contribution in [0.3, 0.4) is 0 Å². The molecule has 28 heavy (non-hydrogen) atoms. The summed E-state index contributed by atoms with van der Waals surface area (Å²) in [5.74, 6) is 0. The lowest BCUT2D eigenvalue weighted by Crippen LogP contribution is -1.95. The first-order valence-corrected chi connectivity index (χ1v) is 10.9. The first-order valence-electron chi connectivity index (χ1n) is 8.27. The predicted molar refractivity (Wildman–Crippen MR) is 120 cm³/mol. The van der Waals surface area contributed by atoms with Gasteiger partial charge in [0.25, 0.3) is 0 Å². The average Bonchev–Trinajstić information content (AvgIpc) is 3.40. The molecule has 0 atom stereocenters. The molecule has 138 valence electrons. The molecule has 1 aromatic carbocycles. The summed E-state index contributed by atoms with van der Waals surface area (Å²) in [6.07, 6.45) is 1.85. The zero-order valence-electron chi connectivity index (χ0n) is 14.7. The molecule has 0 aliphatic carbocycles. The second-order valence-corrected chi connectivity index (χ2v) is 8.59. The van der Waals surface area contributed by atoms with Crippen LogP contribution in [-0.2, 0) is 7.05 Å². The van der Waals surface area contributed by atoms with Crippen molar-refractivity contribution in [3.63, 3.8) is 0 Å². The third-order valence-electron chi connectivity index (χ3n) is 4.28. The molecular formula is C21H13Cl2N3S2. The van der Waals surface area contributed by atoms with Gasteiger partial charge in [0.1, 0.15) is 11.1 Å². The third kappa shape index (κ3) is 3.78. The van der Waals surface area contributed by atoms with E-state index in [-0.39, 0.29) is 0 Å². The molecule has 3 heterocycles. The number of aromatic nitrogens is 2. The van der Waals surface area contributed by atoms with E-state index in [1.54, 1.807) is 17.4 Å². The number of allylic oxidation sites excluding steroid dienone is 1. The number of thiophene rings is 1. The maximum Gasteiger partial charge on any atom is 0.134 e. The van der Waals surface area contributed by atoms with Crippen molar-refractivity contribution in [3.05, 3.63) is 73.3 Å². The highest BCUT2D eigenvalue weighted by molar-refractivity contribution is 7.11. The Balaban J connectivity index is 1.70. The van der Waals surface area contributed by atoms with Crippen LogP contribution in [-0.4, -0.2) is 9.55 Å². The van der Waals surface area contributed by atoms with E-state index in [4.69, 9.17) is 23.2 Å². The number of hydrogen-bond donors (Lipinski definition) is 0. The Hall–Kier alpha value is -2.36. The summed E-state index contributed by atoms with van der Waals surface area (Å²) >= 11 is 15.4. The van der Waals surface area contributed by atoms with Gasteiger partial charge in [0.15, 0.2) is 0 Å². The molecule has 0 spiro atoms. The number of halogens is 2. The van der Waals surface area contributed by atoms with Gasteiger partial charge in [-0.25, -0.2) is 4.98 Å². The summed E-state index contributed by atoms with van der Waals surface area (Å²) < 4.78 is 2.01. The zero-order chi connectivity index (χ0) is 19.7. The van der Waals surface area contributed by atoms with Crippen molar-refractivity contribution >= 4 is 57.5 Å². The van der Waals surface area contributed by atoms with E-state index in [1.807, 2.05) is 64.2 Å². The Morgan fingerprint density at radius 1 is 1.11 bits per heavy atom. The molecular weight excluding hydrogens is 429 g/mol. The number of nitriles is 1. The molecule has 0 N–H and O–H groups in total. The van der Waals surface area contributed by atoms with Crippen LogP contribution in [0, 0.1) is 11.3 Å². The maximum absolute atomic E-state index is 9.67. The van der Waals surface area contributed by atoms with Crippen LogP contribution in [0.1, 0.15) is 10.7 Å². The Morgan fingerprint density at radius 2 is 1.89 bits per heavy atom. The van der Waals surface area contributed by atoms with Crippen LogP contribution in [0.15, 0.2) is 52.5 Å². The molecule has 0 radical (unpaired) electrons. The number of nitrogens with zero attached hydrogens (tertiary/aromatic N) is 3. The molecule has 7 heteroatoms. The molecule has 0 amide bonds. The van der Waals surface area contributed by atoms with Gasteiger partial charge >= 0.3 is 0 Å². The van der Waals surface area contributed by atoms with Gasteiger partial charge in [-0.15, -0.1) is 11.3 Å². The average molecular weight is 442 g/mol. The number of rotatable bonds is 4. The minimum Gasteiger partial charge on any atom is -0.344 e. The third-order valence-corrected chi connectivity index (χ3v) is 6.28. The monoisotopic (exact) mass is 441 g/mol. The van der Waals surface area contributed by atoms with Gasteiger partial charge in [0, 0.05) is 50.4 Å². The topological polar surface area (TPSA) is 41.6 Å². The summed E-state index contributed by atoms with van der Waals surface area (Å²) in [5.41, 5.74) is 5.28. The Morgan fingerprint density at radius 3 is 2.57 bits per heavy atom. The van der Waals surface area contributed by atoms with E-state index in [9.17, 15) is 5.26 Å². The van der Waals surface area contributed by atoms with Crippen molar-refractivity contribution in [2.24, 2.45) is 7.05 Å². The fourth-order valence-corrected chi connectivity index (χ4v) is 4.86. The summed E-state index contributed by atoms with van der Waals surface area (Å²) in [6, 6.07) is 13.7. The van der Waals surface area contributed by atoms with Gasteiger partial charge < -0.3 is 4.57 Å². The second-order valence-electron chi connectivity index (χ2n) is 6.08. The van der Waals surface area contributed by atoms with Crippen molar-refractivity contribution in [1.29, 1.82) is 5.26 Å². The maximum atomic E-state index is 9.67. The molecule has 4 aromatic rings. The number of thiazole rings is 1. The lowest BCUT2D eigenvalue weighted by atomic mass is 10.1. The minimum atomic E-state index is 0.531. The highest BCUT2D eigenvalue weighted by atomic mass is 35.5. The Kier molecular flexibility index (Phi) is 5.38. The van der Waals surface area contributed by atoms with Crippen molar-refractivity contribution in [2.75, 3.05) is 0 Å². The van der Waals surface area contributed by atoms with Gasteiger partial charge in [-0.2, -0.15) is 16.6 Å². The number of benzene rings is 1. The summed E-state index contributed by atoms with van der Waals surface area (Å²) in [6.45, 7) is 0. The minimum absolute atomic E-state index is 0.531. The Labute approximate surface area is 180 Å². The van der Waals surface area contributed by atoms with Crippen LogP contribution in [0.25, 0.3) is 34.2 Å². The van der Waals surface area contributed by atoms with Gasteiger partial charge in [0.05, 0.1) is 11.3 Å². The summed E-state index contributed by atoms with van der Waals surface area (Å²) in [7, 11) is 1.95. The Bertz CT molecular complexity index is 1190. The van der Waals surface area contributed by atoms with E-state index in [0.717, 1.165) is 28.2 Å². The first kappa shape index (κ1) is 19.0. The van der Waals surface area contributed by atoms with E-state index >= 15 is 0 Å². The van der Waals surface area contributed by atoms with Gasteiger partial charge in [-0.05, 0) is 47.9 Å². The van der Waals surface area contributed by atoms with Gasteiger partial charge in [0.2, 0.25) is 0 Å². The summed E-state index contributed by atoms with van der Waals surface area (Å²) in [4.78, 5) is 4.63. The molecule has 0 saturated heterocycles. The molecule has 0 aliphatic rings. The van der Waals surface area contributed by atoms with Crippen molar-refractivity contribution in [1.82, 2.24) is 9.55 Å². The molecule has 3 nitrogen and oxygen atoms in total.